The van der Waals surface area contributed by atoms with Crippen molar-refractivity contribution in [2.24, 2.45) is 0 Å². The smallest absolute Gasteiger partial charge is 0.341 e. The van der Waals surface area contributed by atoms with Gasteiger partial charge in [-0.3, -0.25) is 5.10 Å². The third-order valence-corrected chi connectivity index (χ3v) is 2.26. The largest absolute Gasteiger partial charge is 0.477 e. The van der Waals surface area contributed by atoms with Crippen molar-refractivity contribution in [3.8, 4) is 11.3 Å². The maximum absolute atomic E-state index is 13.6. The van der Waals surface area contributed by atoms with Crippen LogP contribution in [0.5, 0.6) is 0 Å². The van der Waals surface area contributed by atoms with Gasteiger partial charge in [-0.05, 0) is 6.07 Å². The van der Waals surface area contributed by atoms with Crippen LogP contribution >= 0.6 is 0 Å². The molecule has 0 radical (unpaired) electrons. The first-order valence-corrected chi connectivity index (χ1v) is 4.64. The predicted octanol–water partition coefficient (Wildman–Crippen LogP) is 1.77. The number of aromatic nitrogens is 2. The molecule has 0 saturated carbocycles. The lowest BCUT2D eigenvalue weighted by Crippen LogP contribution is -2.08. The quantitative estimate of drug-likeness (QED) is 0.715. The number of anilines is 1. The number of aromatic carboxylic acids is 1. The molecular weight excluding hydrogens is 251 g/mol. The third kappa shape index (κ3) is 1.77. The van der Waals surface area contributed by atoms with Gasteiger partial charge in [0.2, 0.25) is 0 Å². The Bertz CT molecular complexity index is 640. The minimum atomic E-state index is -1.89. The highest BCUT2D eigenvalue weighted by atomic mass is 19.2. The Balaban J connectivity index is 2.69. The molecule has 0 aliphatic rings. The molecule has 4 N–H and O–H groups in total. The van der Waals surface area contributed by atoms with E-state index in [0.717, 1.165) is 6.07 Å². The number of hydrogen-bond acceptors (Lipinski definition) is 3. The maximum Gasteiger partial charge on any atom is 0.341 e. The van der Waals surface area contributed by atoms with Crippen LogP contribution in [0.25, 0.3) is 11.3 Å². The van der Waals surface area contributed by atoms with E-state index in [4.69, 9.17) is 10.8 Å². The first kappa shape index (κ1) is 12.0. The van der Waals surface area contributed by atoms with E-state index in [0.29, 0.717) is 6.07 Å². The van der Waals surface area contributed by atoms with Gasteiger partial charge in [-0.2, -0.15) is 5.10 Å². The molecule has 0 aliphatic heterocycles. The van der Waals surface area contributed by atoms with Crippen molar-refractivity contribution >= 4 is 11.8 Å². The second kappa shape index (κ2) is 4.06. The van der Waals surface area contributed by atoms with Crippen molar-refractivity contribution in [1.29, 1.82) is 0 Å². The van der Waals surface area contributed by atoms with Crippen LogP contribution in [0.1, 0.15) is 10.4 Å². The Morgan fingerprint density at radius 2 is 1.94 bits per heavy atom. The van der Waals surface area contributed by atoms with Crippen LogP contribution in [0.15, 0.2) is 12.1 Å². The molecule has 0 saturated heterocycles. The fourth-order valence-corrected chi connectivity index (χ4v) is 1.46. The van der Waals surface area contributed by atoms with E-state index in [9.17, 15) is 18.0 Å². The van der Waals surface area contributed by atoms with E-state index < -0.39 is 34.5 Å². The molecule has 2 rings (SSSR count). The standard InChI is InChI=1S/C10H6F3N3O2/c11-4-1-3(5-2-6(14)16-15-5)8(12)9(13)7(4)10(17)18/h1-2H,(H,17,18)(H3,14,15,16). The molecule has 18 heavy (non-hydrogen) atoms. The van der Waals surface area contributed by atoms with E-state index in [2.05, 4.69) is 10.2 Å². The van der Waals surface area contributed by atoms with Gasteiger partial charge in [0.15, 0.2) is 11.6 Å². The van der Waals surface area contributed by atoms with Crippen LogP contribution in [-0.4, -0.2) is 21.3 Å². The topological polar surface area (TPSA) is 92.0 Å². The minimum Gasteiger partial charge on any atom is -0.477 e. The number of rotatable bonds is 2. The van der Waals surface area contributed by atoms with E-state index in [1.54, 1.807) is 0 Å². The van der Waals surface area contributed by atoms with Crippen molar-refractivity contribution in [1.82, 2.24) is 10.2 Å². The summed E-state index contributed by atoms with van der Waals surface area (Å²) in [6.45, 7) is 0. The molecule has 1 aromatic carbocycles. The van der Waals surface area contributed by atoms with Gasteiger partial charge in [0, 0.05) is 11.6 Å². The zero-order chi connectivity index (χ0) is 13.4. The molecular formula is C10H6F3N3O2. The molecule has 0 atom stereocenters. The zero-order valence-electron chi connectivity index (χ0n) is 8.67. The first-order chi connectivity index (χ1) is 8.41. The Labute approximate surface area is 98.0 Å². The van der Waals surface area contributed by atoms with Crippen molar-refractivity contribution < 1.29 is 23.1 Å². The maximum atomic E-state index is 13.6. The Morgan fingerprint density at radius 1 is 1.28 bits per heavy atom. The molecule has 0 bridgehead atoms. The van der Waals surface area contributed by atoms with Crippen LogP contribution in [-0.2, 0) is 0 Å². The molecule has 8 heteroatoms. The van der Waals surface area contributed by atoms with E-state index in [1.165, 1.54) is 0 Å². The van der Waals surface area contributed by atoms with Crippen LogP contribution in [0, 0.1) is 17.5 Å². The Morgan fingerprint density at radius 3 is 2.44 bits per heavy atom. The normalized spacial score (nSPS) is 10.6. The van der Waals surface area contributed by atoms with Gasteiger partial charge in [-0.15, -0.1) is 0 Å². The SMILES string of the molecule is Nc1cc(-c2cc(F)c(C(=O)O)c(F)c2F)[nH]n1. The van der Waals surface area contributed by atoms with Crippen molar-refractivity contribution in [3.05, 3.63) is 35.1 Å². The highest BCUT2D eigenvalue weighted by molar-refractivity contribution is 5.89. The average Bonchev–Trinajstić information content (AvgIpc) is 2.69. The number of benzene rings is 1. The number of H-pyrrole nitrogens is 1. The summed E-state index contributed by atoms with van der Waals surface area (Å²) < 4.78 is 40.4. The number of hydrogen-bond donors (Lipinski definition) is 3. The van der Waals surface area contributed by atoms with Gasteiger partial charge in [0.25, 0.3) is 0 Å². The van der Waals surface area contributed by atoms with Crippen LogP contribution in [0.4, 0.5) is 19.0 Å². The van der Waals surface area contributed by atoms with Crippen LogP contribution in [0.3, 0.4) is 0 Å². The van der Waals surface area contributed by atoms with Gasteiger partial charge < -0.3 is 10.8 Å². The number of nitrogens with two attached hydrogens (primary N) is 1. The molecule has 0 aliphatic carbocycles. The molecule has 1 heterocycles. The van der Waals surface area contributed by atoms with E-state index in [1.807, 2.05) is 0 Å². The summed E-state index contributed by atoms with van der Waals surface area (Å²) in [6.07, 6.45) is 0. The van der Waals surface area contributed by atoms with Crippen LogP contribution < -0.4 is 5.73 Å². The Kier molecular flexibility index (Phi) is 2.70. The Hall–Kier alpha value is -2.51. The fraction of sp³-hybridized carbons (Fsp3) is 0. The molecule has 1 aromatic heterocycles. The highest BCUT2D eigenvalue weighted by Gasteiger charge is 2.24. The highest BCUT2D eigenvalue weighted by Crippen LogP contribution is 2.28. The van der Waals surface area contributed by atoms with E-state index >= 15 is 0 Å². The third-order valence-electron chi connectivity index (χ3n) is 2.26. The summed E-state index contributed by atoms with van der Waals surface area (Å²) in [5, 5.41) is 14.3. The summed E-state index contributed by atoms with van der Waals surface area (Å²) in [7, 11) is 0. The molecule has 0 fully saturated rings. The number of nitrogen functional groups attached to an aromatic ring is 1. The number of carboxylic acid groups (broad SMARTS) is 1. The molecule has 0 amide bonds. The van der Waals surface area contributed by atoms with Gasteiger partial charge in [-0.25, -0.2) is 18.0 Å². The predicted molar refractivity (Wildman–Crippen MR) is 55.3 cm³/mol. The van der Waals surface area contributed by atoms with Crippen molar-refractivity contribution in [2.45, 2.75) is 0 Å². The molecule has 5 nitrogen and oxygen atoms in total. The number of carboxylic acids is 1. The number of nitrogens with zero attached hydrogens (tertiary/aromatic N) is 1. The van der Waals surface area contributed by atoms with Gasteiger partial charge in [0.1, 0.15) is 17.2 Å². The number of carbonyl (C=O) groups is 1. The summed E-state index contributed by atoms with van der Waals surface area (Å²) in [4.78, 5) is 10.6. The fourth-order valence-electron chi connectivity index (χ4n) is 1.46. The molecule has 0 unspecified atom stereocenters. The lowest BCUT2D eigenvalue weighted by molar-refractivity contribution is 0.0685. The number of halogens is 3. The zero-order valence-corrected chi connectivity index (χ0v) is 8.67. The lowest BCUT2D eigenvalue weighted by Gasteiger charge is -2.05. The van der Waals surface area contributed by atoms with Gasteiger partial charge in [-0.1, -0.05) is 0 Å². The van der Waals surface area contributed by atoms with Gasteiger partial charge >= 0.3 is 5.97 Å². The first-order valence-electron chi connectivity index (χ1n) is 4.64. The van der Waals surface area contributed by atoms with Crippen molar-refractivity contribution in [3.63, 3.8) is 0 Å². The van der Waals surface area contributed by atoms with Crippen LogP contribution in [0.2, 0.25) is 0 Å². The lowest BCUT2D eigenvalue weighted by atomic mass is 10.1. The molecule has 0 spiro atoms. The summed E-state index contributed by atoms with van der Waals surface area (Å²) in [6, 6.07) is 1.73. The summed E-state index contributed by atoms with van der Waals surface area (Å²) in [5.41, 5.74) is 3.39. The monoisotopic (exact) mass is 257 g/mol. The van der Waals surface area contributed by atoms with E-state index in [-0.39, 0.29) is 11.5 Å². The number of aromatic amines is 1. The number of nitrogens with one attached hydrogen (secondary N) is 1. The van der Waals surface area contributed by atoms with Gasteiger partial charge in [0.05, 0.1) is 5.69 Å². The second-order valence-corrected chi connectivity index (χ2v) is 3.42. The average molecular weight is 257 g/mol. The molecule has 94 valence electrons. The van der Waals surface area contributed by atoms with Crippen molar-refractivity contribution in [2.75, 3.05) is 5.73 Å². The minimum absolute atomic E-state index is 0.00697. The summed E-state index contributed by atoms with van der Waals surface area (Å²) in [5.74, 6) is -6.53. The molecule has 2 aromatic rings. The summed E-state index contributed by atoms with van der Waals surface area (Å²) >= 11 is 0. The second-order valence-electron chi connectivity index (χ2n) is 3.42.